The van der Waals surface area contributed by atoms with Crippen LogP contribution in [0.3, 0.4) is 0 Å². The Bertz CT molecular complexity index is 684. The molecule has 5 heteroatoms. The van der Waals surface area contributed by atoms with E-state index in [9.17, 15) is 4.79 Å². The fraction of sp³-hybridized carbons (Fsp3) is 0.188. The van der Waals surface area contributed by atoms with Crippen LogP contribution in [-0.2, 0) is 0 Å². The number of nitrogens with two attached hydrogens (primary N) is 1. The number of amides is 1. The summed E-state index contributed by atoms with van der Waals surface area (Å²) in [5, 5.41) is 0. The van der Waals surface area contributed by atoms with Crippen LogP contribution >= 0.6 is 31.9 Å². The van der Waals surface area contributed by atoms with Gasteiger partial charge in [0.1, 0.15) is 11.5 Å². The van der Waals surface area contributed by atoms with Crippen LogP contribution in [0.2, 0.25) is 0 Å². The van der Waals surface area contributed by atoms with E-state index in [1.165, 1.54) is 0 Å². The van der Waals surface area contributed by atoms with Gasteiger partial charge in [-0.05, 0) is 63.8 Å². The number of ether oxygens (including phenoxy) is 1. The van der Waals surface area contributed by atoms with Crippen molar-refractivity contribution in [3.8, 4) is 11.5 Å². The number of carbonyl (C=O) groups is 1. The smallest absolute Gasteiger partial charge is 0.249 e. The van der Waals surface area contributed by atoms with Crippen LogP contribution in [-0.4, -0.2) is 5.91 Å². The average Bonchev–Trinajstić information content (AvgIpc) is 2.40. The third kappa shape index (κ3) is 3.86. The third-order valence-corrected chi connectivity index (χ3v) is 4.18. The fourth-order valence-corrected chi connectivity index (χ4v) is 2.88. The number of primary amides is 1. The molecular weight excluding hydrogens is 398 g/mol. The zero-order valence-corrected chi connectivity index (χ0v) is 14.9. The van der Waals surface area contributed by atoms with Crippen LogP contribution in [0.15, 0.2) is 45.3 Å². The summed E-state index contributed by atoms with van der Waals surface area (Å²) in [7, 11) is 0. The predicted octanol–water partition coefficient (Wildman–Crippen LogP) is 5.23. The second-order valence-corrected chi connectivity index (χ2v) is 6.71. The molecule has 0 aliphatic carbocycles. The van der Waals surface area contributed by atoms with Crippen molar-refractivity contribution < 1.29 is 9.53 Å². The molecule has 3 nitrogen and oxygen atoms in total. The van der Waals surface area contributed by atoms with Crippen molar-refractivity contribution in [1.29, 1.82) is 0 Å². The Morgan fingerprint density at radius 3 is 2.43 bits per heavy atom. The Morgan fingerprint density at radius 1 is 1.14 bits per heavy atom. The normalized spacial score (nSPS) is 10.7. The summed E-state index contributed by atoms with van der Waals surface area (Å²) in [5.41, 5.74) is 6.83. The molecule has 0 radical (unpaired) electrons. The fourth-order valence-electron chi connectivity index (χ4n) is 1.95. The summed E-state index contributed by atoms with van der Waals surface area (Å²) >= 11 is 6.80. The first-order valence-electron chi connectivity index (χ1n) is 6.45. The van der Waals surface area contributed by atoms with E-state index in [0.717, 1.165) is 15.8 Å². The van der Waals surface area contributed by atoms with Crippen molar-refractivity contribution >= 4 is 37.8 Å². The van der Waals surface area contributed by atoms with Gasteiger partial charge in [0.2, 0.25) is 5.91 Å². The molecule has 0 fully saturated rings. The summed E-state index contributed by atoms with van der Waals surface area (Å²) in [4.78, 5) is 11.2. The van der Waals surface area contributed by atoms with Gasteiger partial charge < -0.3 is 10.5 Å². The highest BCUT2D eigenvalue weighted by Crippen LogP contribution is 2.34. The lowest BCUT2D eigenvalue weighted by Crippen LogP contribution is -2.11. The second kappa shape index (κ2) is 6.62. The molecule has 0 bridgehead atoms. The van der Waals surface area contributed by atoms with E-state index in [1.54, 1.807) is 18.2 Å². The average molecular weight is 413 g/mol. The number of rotatable bonds is 4. The lowest BCUT2D eigenvalue weighted by Gasteiger charge is -2.15. The van der Waals surface area contributed by atoms with Gasteiger partial charge in [0, 0.05) is 8.95 Å². The molecule has 0 unspecified atom stereocenters. The van der Waals surface area contributed by atoms with Crippen LogP contribution < -0.4 is 10.5 Å². The van der Waals surface area contributed by atoms with Crippen LogP contribution in [0, 0.1) is 0 Å². The van der Waals surface area contributed by atoms with Crippen molar-refractivity contribution in [3.63, 3.8) is 0 Å². The monoisotopic (exact) mass is 411 g/mol. The highest BCUT2D eigenvalue weighted by atomic mass is 79.9. The van der Waals surface area contributed by atoms with Gasteiger partial charge in [0.15, 0.2) is 0 Å². The molecule has 2 N–H and O–H groups in total. The maximum atomic E-state index is 11.2. The molecule has 0 aromatic heterocycles. The van der Waals surface area contributed by atoms with E-state index < -0.39 is 5.91 Å². The van der Waals surface area contributed by atoms with E-state index in [2.05, 4.69) is 45.7 Å². The first kappa shape index (κ1) is 16.0. The van der Waals surface area contributed by atoms with Gasteiger partial charge in [0.25, 0.3) is 0 Å². The summed E-state index contributed by atoms with van der Waals surface area (Å²) in [6, 6.07) is 11.0. The van der Waals surface area contributed by atoms with Gasteiger partial charge in [-0.25, -0.2) is 0 Å². The quantitative estimate of drug-likeness (QED) is 0.747. The lowest BCUT2D eigenvalue weighted by atomic mass is 10.0. The zero-order chi connectivity index (χ0) is 15.6. The van der Waals surface area contributed by atoms with Gasteiger partial charge in [-0.1, -0.05) is 29.8 Å². The number of benzene rings is 2. The first-order valence-corrected chi connectivity index (χ1v) is 8.03. The van der Waals surface area contributed by atoms with Crippen molar-refractivity contribution in [2.24, 2.45) is 5.73 Å². The third-order valence-electron chi connectivity index (χ3n) is 3.03. The first-order chi connectivity index (χ1) is 9.88. The summed E-state index contributed by atoms with van der Waals surface area (Å²) in [5.74, 6) is 1.31. The number of halogens is 2. The lowest BCUT2D eigenvalue weighted by molar-refractivity contribution is 0.0999. The molecule has 21 heavy (non-hydrogen) atoms. The minimum atomic E-state index is -0.472. The van der Waals surface area contributed by atoms with Crippen molar-refractivity contribution in [1.82, 2.24) is 0 Å². The molecule has 0 aliphatic heterocycles. The van der Waals surface area contributed by atoms with Crippen molar-refractivity contribution in [3.05, 3.63) is 56.5 Å². The summed E-state index contributed by atoms with van der Waals surface area (Å²) < 4.78 is 7.58. The van der Waals surface area contributed by atoms with Crippen molar-refractivity contribution in [2.45, 2.75) is 19.8 Å². The topological polar surface area (TPSA) is 52.3 Å². The van der Waals surface area contributed by atoms with Gasteiger partial charge >= 0.3 is 0 Å². The Balaban J connectivity index is 2.34. The molecule has 0 atom stereocenters. The van der Waals surface area contributed by atoms with E-state index >= 15 is 0 Å². The van der Waals surface area contributed by atoms with Gasteiger partial charge in [-0.15, -0.1) is 0 Å². The molecule has 110 valence electrons. The van der Waals surface area contributed by atoms with E-state index in [0.29, 0.717) is 21.7 Å². The SMILES string of the molecule is CC(C)c1cc(Br)ccc1Oc1ccc(C(N)=O)c(Br)c1. The number of hydrogen-bond donors (Lipinski definition) is 1. The maximum Gasteiger partial charge on any atom is 0.249 e. The van der Waals surface area contributed by atoms with E-state index in [4.69, 9.17) is 10.5 Å². The minimum Gasteiger partial charge on any atom is -0.457 e. The Morgan fingerprint density at radius 2 is 1.86 bits per heavy atom. The van der Waals surface area contributed by atoms with Crippen LogP contribution in [0.5, 0.6) is 11.5 Å². The summed E-state index contributed by atoms with van der Waals surface area (Å²) in [6.45, 7) is 4.22. The highest BCUT2D eigenvalue weighted by Gasteiger charge is 2.12. The molecule has 0 saturated carbocycles. The Kier molecular flexibility index (Phi) is 5.06. The Labute approximate surface area is 140 Å². The van der Waals surface area contributed by atoms with E-state index in [-0.39, 0.29) is 0 Å². The molecule has 2 aromatic rings. The standard InChI is InChI=1S/C16H15Br2NO2/c1-9(2)13-7-10(17)3-6-15(13)21-11-4-5-12(16(19)20)14(18)8-11/h3-9H,1-2H3,(H2,19,20). The number of carbonyl (C=O) groups excluding carboxylic acids is 1. The van der Waals surface area contributed by atoms with Gasteiger partial charge in [-0.3, -0.25) is 4.79 Å². The van der Waals surface area contributed by atoms with Crippen LogP contribution in [0.25, 0.3) is 0 Å². The maximum absolute atomic E-state index is 11.2. The van der Waals surface area contributed by atoms with Crippen LogP contribution in [0.1, 0.15) is 35.7 Å². The highest BCUT2D eigenvalue weighted by molar-refractivity contribution is 9.10. The zero-order valence-electron chi connectivity index (χ0n) is 11.7. The molecule has 2 rings (SSSR count). The Hall–Kier alpha value is -1.33. The largest absolute Gasteiger partial charge is 0.457 e. The molecular formula is C16H15Br2NO2. The number of hydrogen-bond acceptors (Lipinski definition) is 2. The predicted molar refractivity (Wildman–Crippen MR) is 91.0 cm³/mol. The molecule has 1 amide bonds. The second-order valence-electron chi connectivity index (χ2n) is 4.94. The van der Waals surface area contributed by atoms with Gasteiger partial charge in [0.05, 0.1) is 5.56 Å². The summed E-state index contributed by atoms with van der Waals surface area (Å²) in [6.07, 6.45) is 0. The minimum absolute atomic E-state index is 0.339. The van der Waals surface area contributed by atoms with E-state index in [1.807, 2.05) is 18.2 Å². The van der Waals surface area contributed by atoms with Gasteiger partial charge in [-0.2, -0.15) is 0 Å². The molecule has 0 heterocycles. The van der Waals surface area contributed by atoms with Crippen LogP contribution in [0.4, 0.5) is 0 Å². The molecule has 0 aliphatic rings. The van der Waals surface area contributed by atoms with Crippen molar-refractivity contribution in [2.75, 3.05) is 0 Å². The molecule has 0 saturated heterocycles. The molecule has 0 spiro atoms. The molecule has 2 aromatic carbocycles.